The first-order valence-corrected chi connectivity index (χ1v) is 11.8. The van der Waals surface area contributed by atoms with Gasteiger partial charge in [-0.3, -0.25) is 19.7 Å². The van der Waals surface area contributed by atoms with E-state index < -0.39 is 11.6 Å². The van der Waals surface area contributed by atoms with Gasteiger partial charge in [0.2, 0.25) is 5.91 Å². The zero-order valence-corrected chi connectivity index (χ0v) is 20.8. The van der Waals surface area contributed by atoms with Gasteiger partial charge in [-0.1, -0.05) is 13.8 Å². The number of hydrogen-bond donors (Lipinski definition) is 1. The van der Waals surface area contributed by atoms with Gasteiger partial charge in [-0.15, -0.1) is 0 Å². The zero-order chi connectivity index (χ0) is 24.8. The third-order valence-electron chi connectivity index (χ3n) is 6.25. The Balaban J connectivity index is 0.00000133. The van der Waals surface area contributed by atoms with Gasteiger partial charge in [0, 0.05) is 62.7 Å². The Morgan fingerprint density at radius 1 is 1.12 bits per heavy atom. The molecule has 10 nitrogen and oxygen atoms in total. The Labute approximate surface area is 199 Å². The lowest BCUT2D eigenvalue weighted by Gasteiger charge is -2.60. The number of ether oxygens (including phenoxy) is 1. The quantitative estimate of drug-likeness (QED) is 0.724. The summed E-state index contributed by atoms with van der Waals surface area (Å²) in [5, 5.41) is 7.76. The van der Waals surface area contributed by atoms with Crippen LogP contribution in [0.15, 0.2) is 18.2 Å². The van der Waals surface area contributed by atoms with Crippen LogP contribution in [0.5, 0.6) is 0 Å². The van der Waals surface area contributed by atoms with Gasteiger partial charge in [-0.2, -0.15) is 5.10 Å². The molecule has 0 unspecified atom stereocenters. The average molecular weight is 471 g/mol. The van der Waals surface area contributed by atoms with Crippen LogP contribution in [0.25, 0.3) is 10.9 Å². The molecule has 3 aliphatic heterocycles. The summed E-state index contributed by atoms with van der Waals surface area (Å²) in [6, 6.07) is 5.66. The smallest absolute Gasteiger partial charge is 0.410 e. The van der Waals surface area contributed by atoms with Crippen molar-refractivity contribution in [1.29, 1.82) is 0 Å². The van der Waals surface area contributed by atoms with Crippen LogP contribution in [0, 0.1) is 5.41 Å². The maximum Gasteiger partial charge on any atom is 0.410 e. The molecule has 3 aliphatic rings. The average Bonchev–Trinajstić information content (AvgIpc) is 3.02. The molecule has 184 valence electrons. The highest BCUT2D eigenvalue weighted by Crippen LogP contribution is 2.43. The summed E-state index contributed by atoms with van der Waals surface area (Å²) in [6.07, 6.45) is 0.0202. The van der Waals surface area contributed by atoms with Crippen LogP contribution >= 0.6 is 0 Å². The number of rotatable bonds is 2. The van der Waals surface area contributed by atoms with Gasteiger partial charge >= 0.3 is 12.1 Å². The number of fused-ring (bicyclic) bond motifs is 1. The third-order valence-corrected chi connectivity index (χ3v) is 6.25. The molecule has 5 rings (SSSR count). The highest BCUT2D eigenvalue weighted by Gasteiger charge is 2.54. The highest BCUT2D eigenvalue weighted by atomic mass is 16.6. The summed E-state index contributed by atoms with van der Waals surface area (Å²) in [4.78, 5) is 41.5. The van der Waals surface area contributed by atoms with Crippen molar-refractivity contribution in [3.05, 3.63) is 18.2 Å². The number of aromatic nitrogens is 2. The maximum absolute atomic E-state index is 12.3. The van der Waals surface area contributed by atoms with Crippen LogP contribution in [-0.2, 0) is 16.6 Å². The SMILES string of the molecule is CC.Cn1nc(N2CCC(=O)NC2=O)c2ccc(N3CC4(CN(C(=O)OC(C)(C)C)C4)C3)cc21. The van der Waals surface area contributed by atoms with Gasteiger partial charge < -0.3 is 14.5 Å². The van der Waals surface area contributed by atoms with E-state index >= 15 is 0 Å². The van der Waals surface area contributed by atoms with E-state index in [4.69, 9.17) is 4.74 Å². The van der Waals surface area contributed by atoms with E-state index in [-0.39, 0.29) is 23.8 Å². The van der Waals surface area contributed by atoms with Gasteiger partial charge in [0.1, 0.15) is 5.60 Å². The second kappa shape index (κ2) is 8.48. The van der Waals surface area contributed by atoms with Gasteiger partial charge in [0.25, 0.3) is 0 Å². The zero-order valence-electron chi connectivity index (χ0n) is 20.8. The third kappa shape index (κ3) is 4.28. The van der Waals surface area contributed by atoms with Crippen molar-refractivity contribution in [1.82, 2.24) is 20.0 Å². The maximum atomic E-state index is 12.3. The molecule has 0 atom stereocenters. The number of amides is 4. The molecule has 0 saturated carbocycles. The van der Waals surface area contributed by atoms with Crippen molar-refractivity contribution < 1.29 is 19.1 Å². The van der Waals surface area contributed by atoms with E-state index in [1.165, 1.54) is 4.90 Å². The molecular formula is C24H34N6O4. The number of benzene rings is 1. The lowest BCUT2D eigenvalue weighted by molar-refractivity contribution is -0.120. The number of nitrogens with zero attached hydrogens (tertiary/aromatic N) is 5. The lowest BCUT2D eigenvalue weighted by atomic mass is 9.73. The number of carbonyl (C=O) groups is 3. The summed E-state index contributed by atoms with van der Waals surface area (Å²) in [5.74, 6) is 0.299. The minimum atomic E-state index is -0.479. The molecule has 10 heteroatoms. The molecule has 0 bridgehead atoms. The van der Waals surface area contributed by atoms with E-state index in [0.29, 0.717) is 12.4 Å². The Morgan fingerprint density at radius 3 is 2.41 bits per heavy atom. The Bertz CT molecular complexity index is 1120. The molecule has 2 aromatic rings. The molecule has 1 aromatic carbocycles. The first kappa shape index (κ1) is 23.8. The molecule has 1 aromatic heterocycles. The minimum Gasteiger partial charge on any atom is -0.444 e. The summed E-state index contributed by atoms with van der Waals surface area (Å²) < 4.78 is 7.22. The molecule has 1 N–H and O–H groups in total. The van der Waals surface area contributed by atoms with Crippen LogP contribution in [0.2, 0.25) is 0 Å². The van der Waals surface area contributed by atoms with E-state index in [1.807, 2.05) is 53.8 Å². The van der Waals surface area contributed by atoms with E-state index in [2.05, 4.69) is 21.4 Å². The Morgan fingerprint density at radius 2 is 1.79 bits per heavy atom. The Kier molecular flexibility index (Phi) is 5.95. The monoisotopic (exact) mass is 470 g/mol. The Hall–Kier alpha value is -3.30. The van der Waals surface area contributed by atoms with Crippen molar-refractivity contribution in [2.24, 2.45) is 12.5 Å². The van der Waals surface area contributed by atoms with E-state index in [9.17, 15) is 14.4 Å². The number of urea groups is 1. The van der Waals surface area contributed by atoms with Gasteiger partial charge in [0.05, 0.1) is 5.52 Å². The van der Waals surface area contributed by atoms with Crippen LogP contribution in [0.3, 0.4) is 0 Å². The molecule has 34 heavy (non-hydrogen) atoms. The summed E-state index contributed by atoms with van der Waals surface area (Å²) in [5.41, 5.74) is 1.67. The van der Waals surface area contributed by atoms with Crippen molar-refractivity contribution in [3.63, 3.8) is 0 Å². The number of anilines is 2. The number of aryl methyl sites for hydroxylation is 1. The van der Waals surface area contributed by atoms with Crippen LogP contribution in [0.1, 0.15) is 41.0 Å². The number of imide groups is 1. The normalized spacial score (nSPS) is 19.3. The number of nitrogens with one attached hydrogen (secondary N) is 1. The predicted molar refractivity (Wildman–Crippen MR) is 130 cm³/mol. The van der Waals surface area contributed by atoms with Gasteiger partial charge in [-0.25, -0.2) is 9.59 Å². The molecule has 3 saturated heterocycles. The molecule has 1 spiro atoms. The summed E-state index contributed by atoms with van der Waals surface area (Å²) in [6.45, 7) is 13.2. The standard InChI is InChI=1S/C22H28N6O4.C2H6/c1-21(2,3)32-20(31)27-12-22(13-27)10-26(11-22)14-5-6-15-16(9-14)25(4)24-18(15)28-8-7-17(29)23-19(28)30;1-2/h5-6,9H,7-8,10-13H2,1-4H3,(H,23,29,30);1-2H3. The second-order valence-corrected chi connectivity index (χ2v) is 10.1. The second-order valence-electron chi connectivity index (χ2n) is 10.1. The van der Waals surface area contributed by atoms with E-state index in [1.54, 1.807) is 9.58 Å². The fourth-order valence-electron chi connectivity index (χ4n) is 4.75. The van der Waals surface area contributed by atoms with Crippen molar-refractivity contribution in [2.75, 3.05) is 42.5 Å². The van der Waals surface area contributed by atoms with Crippen molar-refractivity contribution in [3.8, 4) is 0 Å². The van der Waals surface area contributed by atoms with Crippen LogP contribution in [0.4, 0.5) is 21.1 Å². The molecular weight excluding hydrogens is 436 g/mol. The number of carbonyl (C=O) groups excluding carboxylic acids is 3. The fourth-order valence-corrected chi connectivity index (χ4v) is 4.75. The first-order valence-electron chi connectivity index (χ1n) is 11.8. The first-order chi connectivity index (χ1) is 16.0. The molecule has 4 heterocycles. The summed E-state index contributed by atoms with van der Waals surface area (Å²) in [7, 11) is 1.85. The molecule has 4 amide bonds. The van der Waals surface area contributed by atoms with Gasteiger partial charge in [-0.05, 0) is 39.0 Å². The molecule has 0 aliphatic carbocycles. The molecule has 0 radical (unpaired) electrons. The van der Waals surface area contributed by atoms with E-state index in [0.717, 1.165) is 42.8 Å². The number of hydrogen-bond acceptors (Lipinski definition) is 6. The van der Waals surface area contributed by atoms with Gasteiger partial charge in [0.15, 0.2) is 5.82 Å². The topological polar surface area (TPSA) is 100 Å². The van der Waals surface area contributed by atoms with Crippen molar-refractivity contribution >= 4 is 40.4 Å². The highest BCUT2D eigenvalue weighted by molar-refractivity contribution is 6.09. The fraction of sp³-hybridized carbons (Fsp3) is 0.583. The summed E-state index contributed by atoms with van der Waals surface area (Å²) >= 11 is 0. The largest absolute Gasteiger partial charge is 0.444 e. The molecule has 3 fully saturated rings. The minimum absolute atomic E-state index is 0.141. The van der Waals surface area contributed by atoms with Crippen LogP contribution < -0.4 is 15.1 Å². The predicted octanol–water partition coefficient (Wildman–Crippen LogP) is 3.10. The lowest BCUT2D eigenvalue weighted by Crippen LogP contribution is -2.73. The number of likely N-dealkylation sites (tertiary alicyclic amines) is 1. The van der Waals surface area contributed by atoms with Crippen molar-refractivity contribution in [2.45, 2.75) is 46.6 Å². The van der Waals surface area contributed by atoms with Crippen LogP contribution in [-0.4, -0.2) is 71.0 Å².